The number of unbranched alkanes of at least 4 members (excludes halogenated alkanes) is 1. The molecule has 0 fully saturated rings. The Morgan fingerprint density at radius 3 is 2.11 bits per heavy atom. The van der Waals surface area contributed by atoms with Gasteiger partial charge in [0.25, 0.3) is 0 Å². The lowest BCUT2D eigenvalue weighted by Crippen LogP contribution is -2.29. The first-order valence-electron chi connectivity index (χ1n) is 13.0. The Hall–Kier alpha value is -0.500. The molecule has 0 radical (unpaired) electrons. The molecule has 0 bridgehead atoms. The molecule has 1 unspecified atom stereocenters. The van der Waals surface area contributed by atoms with E-state index >= 15 is 0 Å². The summed E-state index contributed by atoms with van der Waals surface area (Å²) >= 11 is 4.18. The van der Waals surface area contributed by atoms with Gasteiger partial charge in [-0.1, -0.05) is 47.6 Å². The van der Waals surface area contributed by atoms with Crippen molar-refractivity contribution in [2.75, 3.05) is 71.9 Å². The summed E-state index contributed by atoms with van der Waals surface area (Å²) in [6, 6.07) is 8.52. The summed E-state index contributed by atoms with van der Waals surface area (Å²) in [6.45, 7) is 12.2. The first-order valence-corrected chi connectivity index (χ1v) is 15.8. The molecule has 2 N–H and O–H groups in total. The zero-order chi connectivity index (χ0) is 27.0. The predicted octanol–water partition coefficient (Wildman–Crippen LogP) is 4.18. The summed E-state index contributed by atoms with van der Waals surface area (Å²) < 4.78 is 27.4. The molecule has 214 valence electrons. The van der Waals surface area contributed by atoms with Crippen LogP contribution in [0.15, 0.2) is 29.2 Å². The standard InChI is InChI=1S/C26H46N2O6S3/c1-22(2)27-10-14-30-16-18-32-19-17-31-15-11-28-26(29)20-24-6-8-25(9-7-24)37-36-21-33-12-4-5-13-34-23(3)35/h6-9,22-23,27,35H,4-5,10-21H2,1-3H3,(H,28,29). The zero-order valence-corrected chi connectivity index (χ0v) is 25.1. The number of amides is 1. The summed E-state index contributed by atoms with van der Waals surface area (Å²) in [4.78, 5) is 13.3. The molecule has 11 heteroatoms. The van der Waals surface area contributed by atoms with Crippen LogP contribution in [-0.4, -0.2) is 89.3 Å². The highest BCUT2D eigenvalue weighted by molar-refractivity contribution is 8.76. The van der Waals surface area contributed by atoms with Gasteiger partial charge in [0.15, 0.2) is 0 Å². The molecule has 1 rings (SSSR count). The molecule has 1 aromatic carbocycles. The van der Waals surface area contributed by atoms with Gasteiger partial charge in [-0.15, -0.1) is 12.6 Å². The van der Waals surface area contributed by atoms with E-state index in [1.165, 1.54) is 0 Å². The Bertz CT molecular complexity index is 668. The quantitative estimate of drug-likeness (QED) is 0.0685. The lowest BCUT2D eigenvalue weighted by molar-refractivity contribution is -0.120. The molecule has 0 saturated carbocycles. The predicted molar refractivity (Wildman–Crippen MR) is 157 cm³/mol. The number of hydrogen-bond donors (Lipinski definition) is 3. The lowest BCUT2D eigenvalue weighted by atomic mass is 10.1. The van der Waals surface area contributed by atoms with Gasteiger partial charge >= 0.3 is 0 Å². The van der Waals surface area contributed by atoms with E-state index in [1.807, 2.05) is 31.2 Å². The second-order valence-electron chi connectivity index (χ2n) is 8.52. The highest BCUT2D eigenvalue weighted by Gasteiger charge is 2.04. The van der Waals surface area contributed by atoms with Gasteiger partial charge < -0.3 is 34.3 Å². The van der Waals surface area contributed by atoms with Crippen molar-refractivity contribution >= 4 is 40.1 Å². The van der Waals surface area contributed by atoms with Gasteiger partial charge in [-0.2, -0.15) is 0 Å². The Balaban J connectivity index is 1.93. The summed E-state index contributed by atoms with van der Waals surface area (Å²) in [5.41, 5.74) is 0.973. The average Bonchev–Trinajstić information content (AvgIpc) is 2.86. The minimum absolute atomic E-state index is 0.0109. The molecule has 0 aliphatic heterocycles. The molecule has 0 saturated heterocycles. The maximum absolute atomic E-state index is 12.1. The third kappa shape index (κ3) is 23.1. The van der Waals surface area contributed by atoms with Gasteiger partial charge in [0.1, 0.15) is 5.94 Å². The van der Waals surface area contributed by atoms with E-state index < -0.39 is 0 Å². The topological polar surface area (TPSA) is 87.3 Å². The highest BCUT2D eigenvalue weighted by atomic mass is 33.1. The van der Waals surface area contributed by atoms with Crippen LogP contribution in [0.1, 0.15) is 39.2 Å². The summed E-state index contributed by atoms with van der Waals surface area (Å²) in [5, 5.41) is 6.18. The third-order valence-corrected chi connectivity index (χ3v) is 6.94. The molecular formula is C26H46N2O6S3. The van der Waals surface area contributed by atoms with Gasteiger partial charge in [0.05, 0.1) is 51.5 Å². The van der Waals surface area contributed by atoms with Crippen LogP contribution >= 0.6 is 34.2 Å². The van der Waals surface area contributed by atoms with Crippen LogP contribution < -0.4 is 10.6 Å². The minimum atomic E-state index is -0.0126. The first kappa shape index (κ1) is 34.5. The van der Waals surface area contributed by atoms with Crippen LogP contribution in [0.25, 0.3) is 0 Å². The van der Waals surface area contributed by atoms with Crippen molar-refractivity contribution in [1.29, 1.82) is 0 Å². The van der Waals surface area contributed by atoms with Crippen molar-refractivity contribution in [2.45, 2.75) is 56.4 Å². The van der Waals surface area contributed by atoms with E-state index in [9.17, 15) is 4.79 Å². The minimum Gasteiger partial charge on any atom is -0.378 e. The Morgan fingerprint density at radius 1 is 0.838 bits per heavy atom. The fraction of sp³-hybridized carbons (Fsp3) is 0.731. The number of hydrogen-bond acceptors (Lipinski definition) is 10. The second-order valence-corrected chi connectivity index (χ2v) is 11.6. The number of carbonyl (C=O) groups excluding carboxylic acids is 1. The van der Waals surface area contributed by atoms with E-state index in [4.69, 9.17) is 23.7 Å². The molecule has 1 aromatic rings. The third-order valence-electron chi connectivity index (χ3n) is 4.73. The Kier molecular flexibility index (Phi) is 22.9. The first-order chi connectivity index (χ1) is 18.0. The summed E-state index contributed by atoms with van der Waals surface area (Å²) in [5.74, 6) is 0.624. The van der Waals surface area contributed by atoms with E-state index in [0.29, 0.717) is 64.6 Å². The largest absolute Gasteiger partial charge is 0.378 e. The molecule has 0 aliphatic carbocycles. The molecule has 0 aliphatic rings. The molecule has 0 spiro atoms. The van der Waals surface area contributed by atoms with Crippen molar-refractivity contribution in [3.63, 3.8) is 0 Å². The molecule has 0 aromatic heterocycles. The normalized spacial score (nSPS) is 12.2. The van der Waals surface area contributed by atoms with Crippen LogP contribution in [0.3, 0.4) is 0 Å². The maximum Gasteiger partial charge on any atom is 0.224 e. The monoisotopic (exact) mass is 578 g/mol. The maximum atomic E-state index is 12.1. The van der Waals surface area contributed by atoms with Crippen molar-refractivity contribution in [3.05, 3.63) is 29.8 Å². The van der Waals surface area contributed by atoms with Gasteiger partial charge in [-0.3, -0.25) is 4.79 Å². The number of rotatable bonds is 25. The van der Waals surface area contributed by atoms with Crippen LogP contribution in [-0.2, 0) is 34.9 Å². The number of thiol groups is 1. The highest BCUT2D eigenvalue weighted by Crippen LogP contribution is 2.31. The Labute approximate surface area is 236 Å². The molecule has 0 heterocycles. The van der Waals surface area contributed by atoms with Gasteiger partial charge in [-0.05, 0) is 37.5 Å². The Morgan fingerprint density at radius 2 is 1.46 bits per heavy atom. The van der Waals surface area contributed by atoms with Crippen LogP contribution in [0, 0.1) is 0 Å². The fourth-order valence-corrected chi connectivity index (χ4v) is 4.69. The molecular weight excluding hydrogens is 532 g/mol. The van der Waals surface area contributed by atoms with E-state index in [-0.39, 0.29) is 11.3 Å². The van der Waals surface area contributed by atoms with Crippen molar-refractivity contribution < 1.29 is 28.5 Å². The van der Waals surface area contributed by atoms with E-state index in [1.54, 1.807) is 21.6 Å². The summed E-state index contributed by atoms with van der Waals surface area (Å²) in [7, 11) is 3.33. The average molecular weight is 579 g/mol. The van der Waals surface area contributed by atoms with Crippen molar-refractivity contribution in [3.8, 4) is 0 Å². The molecule has 37 heavy (non-hydrogen) atoms. The van der Waals surface area contributed by atoms with E-state index in [2.05, 4.69) is 37.1 Å². The lowest BCUT2D eigenvalue weighted by Gasteiger charge is -2.09. The smallest absolute Gasteiger partial charge is 0.224 e. The number of benzene rings is 1. The fourth-order valence-electron chi connectivity index (χ4n) is 2.88. The molecule has 8 nitrogen and oxygen atoms in total. The SMILES string of the molecule is CC(C)NCCOCCOCCOCCNC(=O)Cc1ccc(SSCOCCCCOC(C)S)cc1. The number of ether oxygens (including phenoxy) is 5. The van der Waals surface area contributed by atoms with Crippen molar-refractivity contribution in [2.24, 2.45) is 0 Å². The number of carbonyl (C=O) groups is 1. The molecule has 1 amide bonds. The summed E-state index contributed by atoms with van der Waals surface area (Å²) in [6.07, 6.45) is 2.32. The van der Waals surface area contributed by atoms with Crippen LogP contribution in [0.5, 0.6) is 0 Å². The van der Waals surface area contributed by atoms with Gasteiger partial charge in [-0.25, -0.2) is 0 Å². The zero-order valence-electron chi connectivity index (χ0n) is 22.6. The van der Waals surface area contributed by atoms with Crippen LogP contribution in [0.2, 0.25) is 0 Å². The van der Waals surface area contributed by atoms with Crippen molar-refractivity contribution in [1.82, 2.24) is 10.6 Å². The van der Waals surface area contributed by atoms with Gasteiger partial charge in [0, 0.05) is 37.2 Å². The second kappa shape index (κ2) is 24.5. The van der Waals surface area contributed by atoms with E-state index in [0.717, 1.165) is 43.1 Å². The van der Waals surface area contributed by atoms with Crippen LogP contribution in [0.4, 0.5) is 0 Å². The number of nitrogens with one attached hydrogen (secondary N) is 2. The van der Waals surface area contributed by atoms with Gasteiger partial charge in [0.2, 0.25) is 5.91 Å². The molecule has 1 atom stereocenters.